The molecular formula is C22H34ClN3O2. The summed E-state index contributed by atoms with van der Waals surface area (Å²) in [5.74, 6) is 0.596. The van der Waals surface area contributed by atoms with Gasteiger partial charge in [-0.2, -0.15) is 0 Å². The molecule has 2 aliphatic rings. The number of aliphatic hydroxyl groups is 1. The maximum atomic E-state index is 11.5. The molecule has 2 heterocycles. The van der Waals surface area contributed by atoms with Crippen molar-refractivity contribution in [3.8, 4) is 0 Å². The van der Waals surface area contributed by atoms with Crippen LogP contribution in [0.15, 0.2) is 24.3 Å². The fourth-order valence-electron chi connectivity index (χ4n) is 5.13. The summed E-state index contributed by atoms with van der Waals surface area (Å²) in [6.45, 7) is 9.66. The first-order valence-corrected chi connectivity index (χ1v) is 10.9. The van der Waals surface area contributed by atoms with Crippen molar-refractivity contribution in [3.63, 3.8) is 0 Å². The Morgan fingerprint density at radius 3 is 2.46 bits per heavy atom. The Morgan fingerprint density at radius 1 is 1.29 bits per heavy atom. The van der Waals surface area contributed by atoms with Gasteiger partial charge in [0.15, 0.2) is 0 Å². The number of rotatable bonds is 6. The molecule has 156 valence electrons. The Morgan fingerprint density at radius 2 is 1.93 bits per heavy atom. The highest BCUT2D eigenvalue weighted by Crippen LogP contribution is 2.46. The molecule has 6 heteroatoms. The number of benzene rings is 1. The quantitative estimate of drug-likeness (QED) is 0.760. The van der Waals surface area contributed by atoms with E-state index in [1.807, 2.05) is 17.0 Å². The summed E-state index contributed by atoms with van der Waals surface area (Å²) < 4.78 is 0. The molecule has 0 aliphatic carbocycles. The van der Waals surface area contributed by atoms with E-state index >= 15 is 0 Å². The number of aliphatic hydroxyl groups excluding tert-OH is 1. The van der Waals surface area contributed by atoms with Crippen LogP contribution < -0.4 is 5.32 Å². The van der Waals surface area contributed by atoms with Crippen LogP contribution in [-0.2, 0) is 4.79 Å². The molecule has 0 unspecified atom stereocenters. The van der Waals surface area contributed by atoms with Crippen LogP contribution in [0.2, 0.25) is 5.02 Å². The van der Waals surface area contributed by atoms with Crippen molar-refractivity contribution in [1.29, 1.82) is 0 Å². The largest absolute Gasteiger partial charge is 0.394 e. The number of nitrogens with one attached hydrogen (secondary N) is 1. The minimum atomic E-state index is -0.205. The monoisotopic (exact) mass is 407 g/mol. The van der Waals surface area contributed by atoms with Gasteiger partial charge in [-0.05, 0) is 56.3 Å². The van der Waals surface area contributed by atoms with E-state index in [4.69, 9.17) is 11.6 Å². The number of carbonyl (C=O) groups is 1. The van der Waals surface area contributed by atoms with Gasteiger partial charge in [-0.15, -0.1) is 0 Å². The first kappa shape index (κ1) is 21.6. The van der Waals surface area contributed by atoms with Crippen LogP contribution in [0.5, 0.6) is 0 Å². The van der Waals surface area contributed by atoms with E-state index in [1.165, 1.54) is 5.56 Å². The summed E-state index contributed by atoms with van der Waals surface area (Å²) >= 11 is 6.11. The van der Waals surface area contributed by atoms with E-state index in [2.05, 4.69) is 36.2 Å². The van der Waals surface area contributed by atoms with Gasteiger partial charge in [0.05, 0.1) is 6.61 Å². The average Bonchev–Trinajstić information content (AvgIpc) is 2.99. The molecule has 2 aliphatic heterocycles. The van der Waals surface area contributed by atoms with E-state index in [9.17, 15) is 9.90 Å². The Balaban J connectivity index is 1.70. The van der Waals surface area contributed by atoms with Crippen LogP contribution in [0.3, 0.4) is 0 Å². The highest BCUT2D eigenvalue weighted by atomic mass is 35.5. The predicted molar refractivity (Wildman–Crippen MR) is 113 cm³/mol. The number of nitrogens with zero attached hydrogens (tertiary/aromatic N) is 2. The molecule has 2 N–H and O–H groups in total. The topological polar surface area (TPSA) is 55.8 Å². The van der Waals surface area contributed by atoms with Gasteiger partial charge in [0, 0.05) is 49.2 Å². The molecule has 0 aromatic heterocycles. The molecule has 3 atom stereocenters. The molecule has 1 amide bonds. The highest BCUT2D eigenvalue weighted by Gasteiger charge is 2.48. The lowest BCUT2D eigenvalue weighted by Crippen LogP contribution is -2.45. The van der Waals surface area contributed by atoms with Crippen molar-refractivity contribution in [2.24, 2.45) is 5.92 Å². The van der Waals surface area contributed by atoms with Crippen LogP contribution in [0.1, 0.15) is 51.6 Å². The van der Waals surface area contributed by atoms with Crippen LogP contribution >= 0.6 is 11.6 Å². The first-order chi connectivity index (χ1) is 13.4. The third-order valence-corrected chi connectivity index (χ3v) is 6.93. The van der Waals surface area contributed by atoms with Gasteiger partial charge in [0.25, 0.3) is 0 Å². The molecule has 2 saturated heterocycles. The van der Waals surface area contributed by atoms with E-state index in [0.29, 0.717) is 12.0 Å². The molecule has 1 aromatic carbocycles. The molecule has 5 nitrogen and oxygen atoms in total. The van der Waals surface area contributed by atoms with Crippen LogP contribution in [0, 0.1) is 5.92 Å². The number of likely N-dealkylation sites (N-methyl/N-ethyl adjacent to an activating group) is 1. The van der Waals surface area contributed by atoms with E-state index in [1.54, 1.807) is 6.92 Å². The summed E-state index contributed by atoms with van der Waals surface area (Å²) in [6.07, 6.45) is 2.98. The Kier molecular flexibility index (Phi) is 7.02. The fraction of sp³-hybridized carbons (Fsp3) is 0.682. The highest BCUT2D eigenvalue weighted by molar-refractivity contribution is 6.30. The fourth-order valence-corrected chi connectivity index (χ4v) is 5.26. The Bertz CT molecular complexity index is 660. The second-order valence-electron chi connectivity index (χ2n) is 8.59. The number of hydrogen-bond acceptors (Lipinski definition) is 4. The summed E-state index contributed by atoms with van der Waals surface area (Å²) in [6, 6.07) is 8.89. The smallest absolute Gasteiger partial charge is 0.219 e. The zero-order valence-corrected chi connectivity index (χ0v) is 18.1. The zero-order chi connectivity index (χ0) is 20.3. The van der Waals surface area contributed by atoms with Gasteiger partial charge in [-0.3, -0.25) is 9.69 Å². The maximum Gasteiger partial charge on any atom is 0.219 e. The van der Waals surface area contributed by atoms with Gasteiger partial charge in [0.1, 0.15) is 0 Å². The lowest BCUT2D eigenvalue weighted by Gasteiger charge is -2.37. The van der Waals surface area contributed by atoms with E-state index < -0.39 is 0 Å². The van der Waals surface area contributed by atoms with Crippen molar-refractivity contribution in [1.82, 2.24) is 15.1 Å². The summed E-state index contributed by atoms with van der Waals surface area (Å²) in [5.41, 5.74) is 1.06. The van der Waals surface area contributed by atoms with Crippen molar-refractivity contribution in [3.05, 3.63) is 34.9 Å². The number of carbonyl (C=O) groups excluding carboxylic acids is 1. The number of likely N-dealkylation sites (tertiary alicyclic amines) is 2. The number of hydrogen-bond donors (Lipinski definition) is 2. The Labute approximate surface area is 174 Å². The minimum absolute atomic E-state index is 0.165. The van der Waals surface area contributed by atoms with Gasteiger partial charge in [-0.1, -0.05) is 30.7 Å². The zero-order valence-electron chi connectivity index (χ0n) is 17.3. The van der Waals surface area contributed by atoms with Crippen molar-refractivity contribution in [2.45, 2.75) is 57.7 Å². The van der Waals surface area contributed by atoms with Crippen LogP contribution in [0.4, 0.5) is 0 Å². The lowest BCUT2D eigenvalue weighted by atomic mass is 9.90. The molecular weight excluding hydrogens is 374 g/mol. The van der Waals surface area contributed by atoms with Gasteiger partial charge in [0.2, 0.25) is 5.91 Å². The van der Waals surface area contributed by atoms with Crippen molar-refractivity contribution in [2.75, 3.05) is 32.8 Å². The Hall–Kier alpha value is -1.14. The van der Waals surface area contributed by atoms with Gasteiger partial charge < -0.3 is 15.3 Å². The van der Waals surface area contributed by atoms with Crippen LogP contribution in [0.25, 0.3) is 0 Å². The summed E-state index contributed by atoms with van der Waals surface area (Å²) in [4.78, 5) is 15.9. The molecule has 0 spiro atoms. The van der Waals surface area contributed by atoms with Gasteiger partial charge >= 0.3 is 0 Å². The molecule has 0 saturated carbocycles. The molecule has 1 aromatic rings. The average molecular weight is 408 g/mol. The molecule has 28 heavy (non-hydrogen) atoms. The number of amides is 1. The van der Waals surface area contributed by atoms with Gasteiger partial charge in [-0.25, -0.2) is 0 Å². The molecule has 0 bridgehead atoms. The predicted octanol–water partition coefficient (Wildman–Crippen LogP) is 3.07. The number of piperidine rings is 1. The molecule has 0 radical (unpaired) electrons. The van der Waals surface area contributed by atoms with Crippen molar-refractivity contribution < 1.29 is 9.90 Å². The third-order valence-electron chi connectivity index (χ3n) is 6.68. The number of halogens is 1. The normalized spacial score (nSPS) is 29.4. The second kappa shape index (κ2) is 9.12. The second-order valence-corrected chi connectivity index (χ2v) is 9.03. The SMILES string of the molecule is CCN1[C@@H](c2ccc(Cl)cc2)[C@@H](CNC2CCN(C(C)=O)CC2)C[C@@]1(C)CO. The van der Waals surface area contributed by atoms with Crippen molar-refractivity contribution >= 4 is 17.5 Å². The maximum absolute atomic E-state index is 11.5. The third kappa shape index (κ3) is 4.54. The summed E-state index contributed by atoms with van der Waals surface area (Å²) in [7, 11) is 0. The first-order valence-electron chi connectivity index (χ1n) is 10.5. The molecule has 2 fully saturated rings. The standard InChI is InChI=1S/C22H34ClN3O2/c1-4-26-21(17-5-7-19(23)8-6-17)18(13-22(26,3)15-27)14-24-20-9-11-25(12-10-20)16(2)28/h5-8,18,20-21,24,27H,4,9-15H2,1-3H3/t18-,21+,22+/m1/s1. The minimum Gasteiger partial charge on any atom is -0.394 e. The summed E-state index contributed by atoms with van der Waals surface area (Å²) in [5, 5.41) is 14.7. The van der Waals surface area contributed by atoms with Crippen LogP contribution in [-0.4, -0.2) is 65.2 Å². The van der Waals surface area contributed by atoms with E-state index in [-0.39, 0.29) is 24.1 Å². The lowest BCUT2D eigenvalue weighted by molar-refractivity contribution is -0.129. The van der Waals surface area contributed by atoms with E-state index in [0.717, 1.165) is 50.5 Å². The molecule has 3 rings (SSSR count).